The molecule has 1 N–H and O–H groups in total. The number of thioether (sulfide) groups is 1. The summed E-state index contributed by atoms with van der Waals surface area (Å²) in [5, 5.41) is 0. The van der Waals surface area contributed by atoms with Gasteiger partial charge in [-0.1, -0.05) is 6.07 Å². The average molecular weight is 273 g/mol. The van der Waals surface area contributed by atoms with Crippen LogP contribution in [0.2, 0.25) is 0 Å². The number of hydrogen-bond donors (Lipinski definition) is 1. The van der Waals surface area contributed by atoms with Crippen LogP contribution in [0, 0.1) is 4.77 Å². The van der Waals surface area contributed by atoms with Crippen LogP contribution >= 0.6 is 24.0 Å². The van der Waals surface area contributed by atoms with E-state index in [1.807, 2.05) is 28.8 Å². The summed E-state index contributed by atoms with van der Waals surface area (Å²) >= 11 is 7.09. The number of hydrogen-bond acceptors (Lipinski definition) is 3. The van der Waals surface area contributed by atoms with Crippen molar-refractivity contribution in [3.8, 4) is 5.69 Å². The third-order valence-corrected chi connectivity index (χ3v) is 3.76. The Hall–Kier alpha value is -1.59. The third kappa shape index (κ3) is 1.85. The van der Waals surface area contributed by atoms with Crippen LogP contribution in [0.5, 0.6) is 0 Å². The van der Waals surface area contributed by atoms with Gasteiger partial charge in [0, 0.05) is 11.1 Å². The van der Waals surface area contributed by atoms with Gasteiger partial charge in [0.05, 0.1) is 11.2 Å². The molecule has 0 spiro atoms. The Bertz CT molecular complexity index is 758. The Morgan fingerprint density at radius 1 is 1.28 bits per heavy atom. The van der Waals surface area contributed by atoms with E-state index in [2.05, 4.69) is 28.4 Å². The van der Waals surface area contributed by atoms with Gasteiger partial charge in [-0.15, -0.1) is 11.8 Å². The molecule has 0 amide bonds. The van der Waals surface area contributed by atoms with Crippen molar-refractivity contribution in [1.82, 2.24) is 14.5 Å². The Morgan fingerprint density at radius 3 is 3.00 bits per heavy atom. The molecule has 3 aromatic rings. The summed E-state index contributed by atoms with van der Waals surface area (Å²) in [7, 11) is 0. The van der Waals surface area contributed by atoms with E-state index in [0.29, 0.717) is 4.77 Å². The highest BCUT2D eigenvalue weighted by atomic mass is 32.2. The number of nitrogens with one attached hydrogen (secondary N) is 1. The highest BCUT2D eigenvalue weighted by molar-refractivity contribution is 7.98. The SMILES string of the molecule is CSc1cccc(-n2c(=S)[nH]c3cccnc32)c1. The quantitative estimate of drug-likeness (QED) is 0.569. The molecule has 2 aromatic heterocycles. The largest absolute Gasteiger partial charge is 0.329 e. The second-order valence-electron chi connectivity index (χ2n) is 3.84. The van der Waals surface area contributed by atoms with Gasteiger partial charge < -0.3 is 4.98 Å². The molecule has 1 aromatic carbocycles. The fourth-order valence-electron chi connectivity index (χ4n) is 1.93. The lowest BCUT2D eigenvalue weighted by molar-refractivity contribution is 1.04. The Labute approximate surface area is 114 Å². The Balaban J connectivity index is 2.30. The number of H-pyrrole nitrogens is 1. The number of aromatic amines is 1. The van der Waals surface area contributed by atoms with Gasteiger partial charge in [0.2, 0.25) is 0 Å². The summed E-state index contributed by atoms with van der Waals surface area (Å²) in [6.07, 6.45) is 3.84. The molecule has 0 atom stereocenters. The number of nitrogens with zero attached hydrogens (tertiary/aromatic N) is 2. The summed E-state index contributed by atoms with van der Waals surface area (Å²) in [4.78, 5) is 8.77. The molecule has 0 radical (unpaired) electrons. The molecule has 3 rings (SSSR count). The summed E-state index contributed by atoms with van der Waals surface area (Å²) in [5.74, 6) is 0. The van der Waals surface area contributed by atoms with E-state index in [4.69, 9.17) is 12.2 Å². The van der Waals surface area contributed by atoms with Crippen molar-refractivity contribution in [3.63, 3.8) is 0 Å². The molecule has 2 heterocycles. The number of fused-ring (bicyclic) bond motifs is 1. The van der Waals surface area contributed by atoms with Gasteiger partial charge in [-0.3, -0.25) is 4.57 Å². The van der Waals surface area contributed by atoms with E-state index in [0.717, 1.165) is 16.9 Å². The van der Waals surface area contributed by atoms with Crippen molar-refractivity contribution < 1.29 is 0 Å². The van der Waals surface area contributed by atoms with E-state index < -0.39 is 0 Å². The van der Waals surface area contributed by atoms with Crippen molar-refractivity contribution in [1.29, 1.82) is 0 Å². The molecule has 18 heavy (non-hydrogen) atoms. The highest BCUT2D eigenvalue weighted by Crippen LogP contribution is 2.22. The van der Waals surface area contributed by atoms with E-state index >= 15 is 0 Å². The van der Waals surface area contributed by atoms with Crippen molar-refractivity contribution >= 4 is 35.1 Å². The molecule has 0 saturated carbocycles. The van der Waals surface area contributed by atoms with Crippen molar-refractivity contribution in [3.05, 3.63) is 47.4 Å². The first-order valence-electron chi connectivity index (χ1n) is 5.50. The van der Waals surface area contributed by atoms with Crippen LogP contribution in [-0.4, -0.2) is 20.8 Å². The number of benzene rings is 1. The molecule has 90 valence electrons. The second-order valence-corrected chi connectivity index (χ2v) is 5.11. The first kappa shape index (κ1) is 11.5. The lowest BCUT2D eigenvalue weighted by atomic mass is 10.3. The van der Waals surface area contributed by atoms with Crippen LogP contribution in [0.15, 0.2) is 47.5 Å². The number of aromatic nitrogens is 3. The average Bonchev–Trinajstić information content (AvgIpc) is 2.74. The monoisotopic (exact) mass is 273 g/mol. The summed E-state index contributed by atoms with van der Waals surface area (Å²) in [5.41, 5.74) is 2.86. The van der Waals surface area contributed by atoms with Crippen LogP contribution < -0.4 is 0 Å². The van der Waals surface area contributed by atoms with Crippen molar-refractivity contribution in [2.45, 2.75) is 4.90 Å². The van der Waals surface area contributed by atoms with Gasteiger partial charge in [0.15, 0.2) is 10.4 Å². The Kier molecular flexibility index (Phi) is 2.93. The maximum absolute atomic E-state index is 5.38. The van der Waals surface area contributed by atoms with Gasteiger partial charge in [-0.25, -0.2) is 4.98 Å². The molecule has 0 bridgehead atoms. The zero-order valence-corrected chi connectivity index (χ0v) is 11.4. The highest BCUT2D eigenvalue weighted by Gasteiger charge is 2.07. The molecular formula is C13H11N3S2. The number of imidazole rings is 1. The predicted molar refractivity (Wildman–Crippen MR) is 78.0 cm³/mol. The molecule has 3 nitrogen and oxygen atoms in total. The van der Waals surface area contributed by atoms with Crippen LogP contribution in [0.4, 0.5) is 0 Å². The first-order valence-corrected chi connectivity index (χ1v) is 7.13. The molecule has 0 aliphatic rings. The summed E-state index contributed by atoms with van der Waals surface area (Å²) in [6.45, 7) is 0. The standard InChI is InChI=1S/C13H11N3S2/c1-18-10-5-2-4-9(8-10)16-12-11(15-13(16)17)6-3-7-14-12/h2-8H,1H3,(H,15,17). The van der Waals surface area contributed by atoms with E-state index in [-0.39, 0.29) is 0 Å². The lowest BCUT2D eigenvalue weighted by Gasteiger charge is -2.05. The number of pyridine rings is 1. The van der Waals surface area contributed by atoms with Crippen LogP contribution in [-0.2, 0) is 0 Å². The van der Waals surface area contributed by atoms with E-state index in [1.54, 1.807) is 18.0 Å². The number of rotatable bonds is 2. The third-order valence-electron chi connectivity index (χ3n) is 2.75. The first-order chi connectivity index (χ1) is 8.79. The van der Waals surface area contributed by atoms with Crippen LogP contribution in [0.3, 0.4) is 0 Å². The molecule has 0 fully saturated rings. The molecule has 0 aliphatic heterocycles. The fraction of sp³-hybridized carbons (Fsp3) is 0.0769. The minimum Gasteiger partial charge on any atom is -0.329 e. The minimum absolute atomic E-state index is 0.668. The Morgan fingerprint density at radius 2 is 2.17 bits per heavy atom. The summed E-state index contributed by atoms with van der Waals surface area (Å²) < 4.78 is 2.63. The van der Waals surface area contributed by atoms with Gasteiger partial charge >= 0.3 is 0 Å². The topological polar surface area (TPSA) is 33.6 Å². The van der Waals surface area contributed by atoms with Gasteiger partial charge in [-0.2, -0.15) is 0 Å². The van der Waals surface area contributed by atoms with Crippen LogP contribution in [0.25, 0.3) is 16.9 Å². The van der Waals surface area contributed by atoms with E-state index in [1.165, 1.54) is 4.90 Å². The molecule has 0 unspecified atom stereocenters. The van der Waals surface area contributed by atoms with Crippen molar-refractivity contribution in [2.24, 2.45) is 0 Å². The van der Waals surface area contributed by atoms with Crippen LogP contribution in [0.1, 0.15) is 0 Å². The molecule has 0 saturated heterocycles. The summed E-state index contributed by atoms with van der Waals surface area (Å²) in [6, 6.07) is 12.1. The van der Waals surface area contributed by atoms with Gasteiger partial charge in [0.25, 0.3) is 0 Å². The molecule has 5 heteroatoms. The van der Waals surface area contributed by atoms with Gasteiger partial charge in [0.1, 0.15) is 0 Å². The zero-order chi connectivity index (χ0) is 12.5. The maximum atomic E-state index is 5.38. The van der Waals surface area contributed by atoms with Crippen molar-refractivity contribution in [2.75, 3.05) is 6.26 Å². The van der Waals surface area contributed by atoms with Gasteiger partial charge in [-0.05, 0) is 48.8 Å². The maximum Gasteiger partial charge on any atom is 0.183 e. The fourth-order valence-corrected chi connectivity index (χ4v) is 2.68. The lowest BCUT2D eigenvalue weighted by Crippen LogP contribution is -1.95. The normalized spacial score (nSPS) is 10.9. The minimum atomic E-state index is 0.668. The second kappa shape index (κ2) is 4.59. The predicted octanol–water partition coefficient (Wildman–Crippen LogP) is 3.80. The smallest absolute Gasteiger partial charge is 0.183 e. The molecule has 0 aliphatic carbocycles. The van der Waals surface area contributed by atoms with E-state index in [9.17, 15) is 0 Å². The zero-order valence-electron chi connectivity index (χ0n) is 9.75. The molecular weight excluding hydrogens is 262 g/mol.